The summed E-state index contributed by atoms with van der Waals surface area (Å²) in [5, 5.41) is 12.7. The second-order valence-corrected chi connectivity index (χ2v) is 3.99. The lowest BCUT2D eigenvalue weighted by Crippen LogP contribution is -2.23. The SMILES string of the molecule is CN(CCOCCO)Cc1ccsc1. The Morgan fingerprint density at radius 1 is 1.50 bits per heavy atom. The van der Waals surface area contributed by atoms with Crippen LogP contribution in [0.15, 0.2) is 16.8 Å². The summed E-state index contributed by atoms with van der Waals surface area (Å²) in [7, 11) is 2.07. The monoisotopic (exact) mass is 215 g/mol. The third-order valence-electron chi connectivity index (χ3n) is 1.89. The number of ether oxygens (including phenoxy) is 1. The van der Waals surface area contributed by atoms with Crippen molar-refractivity contribution in [2.45, 2.75) is 6.54 Å². The van der Waals surface area contributed by atoms with Crippen molar-refractivity contribution in [3.8, 4) is 0 Å². The number of rotatable bonds is 7. The highest BCUT2D eigenvalue weighted by molar-refractivity contribution is 7.07. The van der Waals surface area contributed by atoms with Crippen LogP contribution in [0.3, 0.4) is 0 Å². The van der Waals surface area contributed by atoms with E-state index >= 15 is 0 Å². The van der Waals surface area contributed by atoms with Crippen molar-refractivity contribution in [1.29, 1.82) is 0 Å². The van der Waals surface area contributed by atoms with Gasteiger partial charge in [-0.15, -0.1) is 0 Å². The zero-order chi connectivity index (χ0) is 10.2. The van der Waals surface area contributed by atoms with Crippen molar-refractivity contribution in [2.24, 2.45) is 0 Å². The molecule has 80 valence electrons. The maximum absolute atomic E-state index is 8.50. The fraction of sp³-hybridized carbons (Fsp3) is 0.600. The molecule has 3 nitrogen and oxygen atoms in total. The zero-order valence-corrected chi connectivity index (χ0v) is 9.30. The first kappa shape index (κ1) is 11.7. The molecule has 14 heavy (non-hydrogen) atoms. The highest BCUT2D eigenvalue weighted by atomic mass is 32.1. The number of hydrogen-bond donors (Lipinski definition) is 1. The van der Waals surface area contributed by atoms with Crippen molar-refractivity contribution in [2.75, 3.05) is 33.4 Å². The van der Waals surface area contributed by atoms with Crippen molar-refractivity contribution in [1.82, 2.24) is 4.90 Å². The molecule has 0 unspecified atom stereocenters. The molecule has 0 atom stereocenters. The van der Waals surface area contributed by atoms with E-state index in [0.29, 0.717) is 13.2 Å². The summed E-state index contributed by atoms with van der Waals surface area (Å²) in [5.41, 5.74) is 1.35. The third kappa shape index (κ3) is 4.72. The van der Waals surface area contributed by atoms with Gasteiger partial charge in [-0.05, 0) is 29.4 Å². The van der Waals surface area contributed by atoms with Crippen LogP contribution in [0, 0.1) is 0 Å². The highest BCUT2D eigenvalue weighted by Crippen LogP contribution is 2.07. The molecule has 0 radical (unpaired) electrons. The van der Waals surface area contributed by atoms with Crippen LogP contribution in [0.2, 0.25) is 0 Å². The van der Waals surface area contributed by atoms with Gasteiger partial charge in [0, 0.05) is 13.1 Å². The van der Waals surface area contributed by atoms with Gasteiger partial charge in [0.05, 0.1) is 19.8 Å². The van der Waals surface area contributed by atoms with Gasteiger partial charge in [0.15, 0.2) is 0 Å². The molecule has 1 aromatic heterocycles. The van der Waals surface area contributed by atoms with Crippen LogP contribution in [0.5, 0.6) is 0 Å². The Labute approximate surface area is 88.9 Å². The van der Waals surface area contributed by atoms with Gasteiger partial charge >= 0.3 is 0 Å². The maximum atomic E-state index is 8.50. The van der Waals surface area contributed by atoms with Crippen molar-refractivity contribution >= 4 is 11.3 Å². The molecule has 0 aliphatic rings. The van der Waals surface area contributed by atoms with Gasteiger partial charge in [0.1, 0.15) is 0 Å². The van der Waals surface area contributed by atoms with Gasteiger partial charge in [-0.1, -0.05) is 0 Å². The molecule has 4 heteroatoms. The molecule has 0 aliphatic heterocycles. The van der Waals surface area contributed by atoms with E-state index in [1.54, 1.807) is 11.3 Å². The van der Waals surface area contributed by atoms with Crippen molar-refractivity contribution < 1.29 is 9.84 Å². The summed E-state index contributed by atoms with van der Waals surface area (Å²) in [4.78, 5) is 2.21. The van der Waals surface area contributed by atoms with Crippen molar-refractivity contribution in [3.63, 3.8) is 0 Å². The molecule has 1 rings (SSSR count). The van der Waals surface area contributed by atoms with Gasteiger partial charge in [-0.25, -0.2) is 0 Å². The minimum atomic E-state index is 0.105. The standard InChI is InChI=1S/C10H17NO2S/c1-11(3-5-13-6-4-12)8-10-2-7-14-9-10/h2,7,9,12H,3-6,8H2,1H3. The van der Waals surface area contributed by atoms with Crippen molar-refractivity contribution in [3.05, 3.63) is 22.4 Å². The topological polar surface area (TPSA) is 32.7 Å². The predicted molar refractivity (Wildman–Crippen MR) is 58.6 cm³/mol. The number of nitrogens with zero attached hydrogens (tertiary/aromatic N) is 1. The van der Waals surface area contributed by atoms with E-state index in [1.807, 2.05) is 0 Å². The lowest BCUT2D eigenvalue weighted by molar-refractivity contribution is 0.0773. The summed E-state index contributed by atoms with van der Waals surface area (Å²) in [6.07, 6.45) is 0. The second kappa shape index (κ2) is 6.95. The largest absolute Gasteiger partial charge is 0.394 e. The van der Waals surface area contributed by atoms with Crippen LogP contribution < -0.4 is 0 Å². The first-order chi connectivity index (χ1) is 6.83. The normalized spacial score (nSPS) is 11.1. The quantitative estimate of drug-likeness (QED) is 0.693. The molecule has 0 aliphatic carbocycles. The maximum Gasteiger partial charge on any atom is 0.0698 e. The van der Waals surface area contributed by atoms with Crippen LogP contribution in [-0.4, -0.2) is 43.4 Å². The van der Waals surface area contributed by atoms with E-state index in [4.69, 9.17) is 9.84 Å². The Morgan fingerprint density at radius 2 is 2.36 bits per heavy atom. The lowest BCUT2D eigenvalue weighted by atomic mass is 10.3. The average Bonchev–Trinajstić information content (AvgIpc) is 2.65. The van der Waals surface area contributed by atoms with Gasteiger partial charge in [-0.2, -0.15) is 11.3 Å². The highest BCUT2D eigenvalue weighted by Gasteiger charge is 1.99. The molecule has 0 saturated carbocycles. The fourth-order valence-corrected chi connectivity index (χ4v) is 1.82. The smallest absolute Gasteiger partial charge is 0.0698 e. The van der Waals surface area contributed by atoms with Crippen LogP contribution in [0.25, 0.3) is 0 Å². The third-order valence-corrected chi connectivity index (χ3v) is 2.62. The van der Waals surface area contributed by atoms with Gasteiger partial charge in [0.2, 0.25) is 0 Å². The van der Waals surface area contributed by atoms with E-state index in [2.05, 4.69) is 28.8 Å². The van der Waals surface area contributed by atoms with Crippen LogP contribution in [-0.2, 0) is 11.3 Å². The molecule has 0 bridgehead atoms. The zero-order valence-electron chi connectivity index (χ0n) is 8.48. The number of likely N-dealkylation sites (N-methyl/N-ethyl adjacent to an activating group) is 1. The van der Waals surface area contributed by atoms with E-state index in [-0.39, 0.29) is 6.61 Å². The second-order valence-electron chi connectivity index (χ2n) is 3.21. The lowest BCUT2D eigenvalue weighted by Gasteiger charge is -2.15. The Kier molecular flexibility index (Phi) is 5.78. The summed E-state index contributed by atoms with van der Waals surface area (Å²) >= 11 is 1.72. The predicted octanol–water partition coefficient (Wildman–Crippen LogP) is 1.19. The van der Waals surface area contributed by atoms with Crippen LogP contribution in [0.1, 0.15) is 5.56 Å². The van der Waals surface area contributed by atoms with E-state index in [9.17, 15) is 0 Å². The summed E-state index contributed by atoms with van der Waals surface area (Å²) in [6.45, 7) is 3.09. The van der Waals surface area contributed by atoms with Gasteiger partial charge in [-0.3, -0.25) is 4.90 Å². The molecular weight excluding hydrogens is 198 g/mol. The van der Waals surface area contributed by atoms with E-state index < -0.39 is 0 Å². The molecule has 0 saturated heterocycles. The van der Waals surface area contributed by atoms with E-state index in [0.717, 1.165) is 13.1 Å². The molecule has 0 amide bonds. The number of aliphatic hydroxyl groups is 1. The molecule has 1 heterocycles. The Balaban J connectivity index is 2.07. The molecule has 1 N–H and O–H groups in total. The molecule has 0 spiro atoms. The molecule has 0 aromatic carbocycles. The number of thiophene rings is 1. The Bertz CT molecular complexity index is 226. The molecule has 0 fully saturated rings. The first-order valence-corrected chi connectivity index (χ1v) is 5.65. The summed E-state index contributed by atoms with van der Waals surface area (Å²) in [5.74, 6) is 0. The number of aliphatic hydroxyl groups excluding tert-OH is 1. The molecular formula is C10H17NO2S. The molecule has 1 aromatic rings. The Morgan fingerprint density at radius 3 is 3.00 bits per heavy atom. The minimum absolute atomic E-state index is 0.105. The van der Waals surface area contributed by atoms with E-state index in [1.165, 1.54) is 5.56 Å². The van der Waals surface area contributed by atoms with Crippen LogP contribution >= 0.6 is 11.3 Å². The van der Waals surface area contributed by atoms with Crippen LogP contribution in [0.4, 0.5) is 0 Å². The first-order valence-electron chi connectivity index (χ1n) is 4.71. The average molecular weight is 215 g/mol. The minimum Gasteiger partial charge on any atom is -0.394 e. The fourth-order valence-electron chi connectivity index (χ4n) is 1.16. The Hall–Kier alpha value is -0.420. The summed E-state index contributed by atoms with van der Waals surface area (Å²) in [6, 6.07) is 2.13. The number of hydrogen-bond acceptors (Lipinski definition) is 4. The summed E-state index contributed by atoms with van der Waals surface area (Å²) < 4.78 is 5.18. The van der Waals surface area contributed by atoms with Gasteiger partial charge < -0.3 is 9.84 Å². The van der Waals surface area contributed by atoms with Gasteiger partial charge in [0.25, 0.3) is 0 Å².